The van der Waals surface area contributed by atoms with Crippen LogP contribution in [0.15, 0.2) is 0 Å². The molecule has 0 aromatic heterocycles. The lowest BCUT2D eigenvalue weighted by Gasteiger charge is -2.40. The molecule has 0 bridgehead atoms. The molecule has 2 N–H and O–H groups in total. The average Bonchev–Trinajstić information content (AvgIpc) is 2.67. The Hall–Kier alpha value is -1.59. The number of aliphatic hydroxyl groups is 1. The molecule has 0 rings (SSSR count). The zero-order valence-corrected chi connectivity index (χ0v) is 20.2. The van der Waals surface area contributed by atoms with E-state index in [1.807, 2.05) is 4.74 Å². The number of carbonyl (C=O) groups is 1. The smallest absolute Gasteiger partial charge is 0.462 e. The highest BCUT2D eigenvalue weighted by atomic mass is 35.5. The van der Waals surface area contributed by atoms with Crippen LogP contribution >= 0.6 is 0 Å². The topological polar surface area (TPSA) is 67.8 Å². The number of aliphatic hydroxyl groups excluding tert-OH is 1. The lowest BCUT2D eigenvalue weighted by molar-refractivity contribution is -0.890. The maximum Gasteiger partial charge on any atom is 0.462 e. The lowest BCUT2D eigenvalue weighted by Crippen LogP contribution is -3.00. The largest absolute Gasteiger partial charge is 1.00 e. The summed E-state index contributed by atoms with van der Waals surface area (Å²) < 4.78 is 226. The van der Waals surface area contributed by atoms with E-state index in [0.29, 0.717) is 0 Å². The van der Waals surface area contributed by atoms with Crippen LogP contribution in [0.4, 0.5) is 74.6 Å². The van der Waals surface area contributed by atoms with Crippen LogP contribution in [0.1, 0.15) is 6.42 Å². The highest BCUT2D eigenvalue weighted by Gasteiger charge is 2.85. The molecular formula is C16H18ClF17N2O4. The van der Waals surface area contributed by atoms with Gasteiger partial charge in [0.05, 0.1) is 27.2 Å². The van der Waals surface area contributed by atoms with Crippen molar-refractivity contribution in [3.05, 3.63) is 0 Å². The minimum absolute atomic E-state index is 0. The van der Waals surface area contributed by atoms with Crippen molar-refractivity contribution in [1.82, 2.24) is 5.32 Å². The maximum absolute atomic E-state index is 14.4. The first-order valence-corrected chi connectivity index (χ1v) is 9.68. The molecule has 6 nitrogen and oxygen atoms in total. The molecule has 0 aliphatic heterocycles. The van der Waals surface area contributed by atoms with Crippen LogP contribution in [0, 0.1) is 0 Å². The first-order valence-electron chi connectivity index (χ1n) is 9.68. The zero-order valence-electron chi connectivity index (χ0n) is 19.5. The first kappa shape index (κ1) is 40.5. The van der Waals surface area contributed by atoms with E-state index in [1.165, 1.54) is 18.8 Å². The van der Waals surface area contributed by atoms with Crippen molar-refractivity contribution in [3.63, 3.8) is 0 Å². The Morgan fingerprint density at radius 1 is 0.700 bits per heavy atom. The highest BCUT2D eigenvalue weighted by Crippen LogP contribution is 2.56. The molecule has 0 aromatic carbocycles. The second-order valence-electron chi connectivity index (χ2n) is 8.21. The molecule has 0 aliphatic carbocycles. The number of hydrogen-bond acceptors (Lipinski definition) is 4. The molecule has 0 saturated carbocycles. The molecule has 242 valence electrons. The minimum Gasteiger partial charge on any atom is -1.00 e. The molecule has 40 heavy (non-hydrogen) atoms. The summed E-state index contributed by atoms with van der Waals surface area (Å²) in [6.07, 6.45) is -39.0. The van der Waals surface area contributed by atoms with Gasteiger partial charge in [0.2, 0.25) is 0 Å². The summed E-state index contributed by atoms with van der Waals surface area (Å²) in [4.78, 5) is 11.6. The second-order valence-corrected chi connectivity index (χ2v) is 8.21. The van der Waals surface area contributed by atoms with E-state index in [2.05, 4.69) is 0 Å². The molecule has 0 radical (unpaired) electrons. The fourth-order valence-corrected chi connectivity index (χ4v) is 2.37. The summed E-state index contributed by atoms with van der Waals surface area (Å²) in [5, 5.41) is 9.74. The van der Waals surface area contributed by atoms with E-state index in [4.69, 9.17) is 5.11 Å². The number of likely N-dealkylation sites (N-methyl/N-ethyl adjacent to an activating group) is 1. The van der Waals surface area contributed by atoms with Crippen LogP contribution in [-0.2, 0) is 14.3 Å². The van der Waals surface area contributed by atoms with Gasteiger partial charge in [0.25, 0.3) is 5.91 Å². The molecule has 0 aromatic rings. The molecule has 24 heteroatoms. The molecular weight excluding hydrogens is 643 g/mol. The SMILES string of the molecule is C[N+](C)(CCO)CCCNC(=O)C(F)(OC(F)(F)C(F)(OC(F)(F)C(F)(F)C(F)(F)F)C(F)(F)F)C(F)(F)F.[Cl-]. The molecule has 0 aliphatic rings. The summed E-state index contributed by atoms with van der Waals surface area (Å²) in [6.45, 7) is -1.65. The quantitative estimate of drug-likeness (QED) is 0.179. The third-order valence-electron chi connectivity index (χ3n) is 4.59. The van der Waals surface area contributed by atoms with Crippen molar-refractivity contribution < 1.29 is 111 Å². The summed E-state index contributed by atoms with van der Waals surface area (Å²) in [5.74, 6) is -26.1. The first-order chi connectivity index (χ1) is 16.9. The number of quaternary nitrogens is 1. The van der Waals surface area contributed by atoms with Crippen molar-refractivity contribution in [3.8, 4) is 0 Å². The normalized spacial score (nSPS) is 17.5. The number of alkyl halides is 17. The van der Waals surface area contributed by atoms with Gasteiger partial charge < -0.3 is 27.3 Å². The third-order valence-corrected chi connectivity index (χ3v) is 4.59. The fourth-order valence-electron chi connectivity index (χ4n) is 2.37. The van der Waals surface area contributed by atoms with E-state index in [1.54, 1.807) is 0 Å². The van der Waals surface area contributed by atoms with E-state index in [0.717, 1.165) is 5.32 Å². The van der Waals surface area contributed by atoms with Crippen molar-refractivity contribution in [2.24, 2.45) is 0 Å². The summed E-state index contributed by atoms with van der Waals surface area (Å²) in [5.41, 5.74) is 0. The summed E-state index contributed by atoms with van der Waals surface area (Å²) >= 11 is 0. The molecule has 2 atom stereocenters. The number of amides is 1. The Kier molecular flexibility index (Phi) is 12.5. The predicted octanol–water partition coefficient (Wildman–Crippen LogP) is 1.44. The molecule has 0 fully saturated rings. The van der Waals surface area contributed by atoms with Crippen LogP contribution < -0.4 is 17.7 Å². The van der Waals surface area contributed by atoms with E-state index in [9.17, 15) is 79.4 Å². The Bertz CT molecular complexity index is 849. The number of hydrogen-bond donors (Lipinski definition) is 2. The number of ether oxygens (including phenoxy) is 2. The predicted molar refractivity (Wildman–Crippen MR) is 89.4 cm³/mol. The van der Waals surface area contributed by atoms with Gasteiger partial charge >= 0.3 is 48.4 Å². The number of rotatable bonds is 13. The standard InChI is InChI=1S/C16H17F17N2O4.ClH/c1-35(2,6-7-36)5-3-4-34-8(37)9(17,12(21,22)23)38-16(32,33)11(20,14(27,28)29)39-15(30,31)10(18,19)13(24,25)26;/h36H,3-7H2,1-2H3;1H. The zero-order chi connectivity index (χ0) is 31.7. The van der Waals surface area contributed by atoms with Crippen molar-refractivity contribution in [1.29, 1.82) is 0 Å². The van der Waals surface area contributed by atoms with Gasteiger partial charge in [0.1, 0.15) is 6.54 Å². The fraction of sp³-hybridized carbons (Fsp3) is 0.938. The van der Waals surface area contributed by atoms with E-state index in [-0.39, 0.29) is 30.0 Å². The number of nitrogens with one attached hydrogen (secondary N) is 1. The van der Waals surface area contributed by atoms with Crippen molar-refractivity contribution in [2.45, 2.75) is 54.8 Å². The van der Waals surface area contributed by atoms with E-state index >= 15 is 0 Å². The Labute approximate surface area is 218 Å². The Morgan fingerprint density at radius 2 is 1.15 bits per heavy atom. The van der Waals surface area contributed by atoms with Crippen LogP contribution in [0.2, 0.25) is 0 Å². The minimum atomic E-state index is -8.05. The number of nitrogens with zero attached hydrogens (tertiary/aromatic N) is 1. The second kappa shape index (κ2) is 12.3. The van der Waals surface area contributed by atoms with Gasteiger partial charge in [0, 0.05) is 13.0 Å². The molecule has 1 amide bonds. The lowest BCUT2D eigenvalue weighted by atomic mass is 10.2. The number of carbonyl (C=O) groups excluding carboxylic acids is 1. The third kappa shape index (κ3) is 8.47. The van der Waals surface area contributed by atoms with Crippen LogP contribution in [0.25, 0.3) is 0 Å². The van der Waals surface area contributed by atoms with Crippen LogP contribution in [-0.4, -0.2) is 104 Å². The highest BCUT2D eigenvalue weighted by molar-refractivity contribution is 5.84. The van der Waals surface area contributed by atoms with Gasteiger partial charge in [-0.05, 0) is 0 Å². The van der Waals surface area contributed by atoms with Gasteiger partial charge in [-0.3, -0.25) is 14.3 Å². The summed E-state index contributed by atoms with van der Waals surface area (Å²) in [7, 11) is 2.82. The molecule has 2 unspecified atom stereocenters. The van der Waals surface area contributed by atoms with Crippen LogP contribution in [0.5, 0.6) is 0 Å². The maximum atomic E-state index is 14.4. The van der Waals surface area contributed by atoms with Gasteiger partial charge in [-0.2, -0.15) is 74.6 Å². The molecule has 0 heterocycles. The summed E-state index contributed by atoms with van der Waals surface area (Å²) in [6, 6.07) is 0. The van der Waals surface area contributed by atoms with Gasteiger partial charge in [-0.15, -0.1) is 0 Å². The van der Waals surface area contributed by atoms with Gasteiger partial charge in [-0.25, -0.2) is 0 Å². The van der Waals surface area contributed by atoms with Crippen molar-refractivity contribution in [2.75, 3.05) is 40.3 Å². The van der Waals surface area contributed by atoms with Gasteiger partial charge in [0.15, 0.2) is 0 Å². The Morgan fingerprint density at radius 3 is 1.50 bits per heavy atom. The van der Waals surface area contributed by atoms with Crippen molar-refractivity contribution >= 4 is 5.91 Å². The van der Waals surface area contributed by atoms with Gasteiger partial charge in [-0.1, -0.05) is 0 Å². The van der Waals surface area contributed by atoms with E-state index < -0.39 is 73.9 Å². The average molecular weight is 661 g/mol. The monoisotopic (exact) mass is 660 g/mol. The number of halogens is 18. The molecule has 0 saturated heterocycles. The Balaban J connectivity index is 0. The van der Waals surface area contributed by atoms with Crippen LogP contribution in [0.3, 0.4) is 0 Å². The molecule has 0 spiro atoms.